The Hall–Kier alpha value is -1.36. The van der Waals surface area contributed by atoms with Gasteiger partial charge in [-0.25, -0.2) is 0 Å². The Bertz CT molecular complexity index is 516. The average Bonchev–Trinajstić information content (AvgIpc) is 2.80. The first-order chi connectivity index (χ1) is 9.60. The number of methoxy groups -OCH3 is 1. The Balaban J connectivity index is 1.83. The molecule has 5 heteroatoms. The summed E-state index contributed by atoms with van der Waals surface area (Å²) in [5, 5.41) is 3.04. The molecule has 20 heavy (non-hydrogen) atoms. The molecule has 1 aromatic carbocycles. The molecule has 2 rings (SSSR count). The lowest BCUT2D eigenvalue weighted by Crippen LogP contribution is -2.26. The molecule has 1 N–H and O–H groups in total. The van der Waals surface area contributed by atoms with E-state index in [2.05, 4.69) is 38.1 Å². The second-order valence-electron chi connectivity index (χ2n) is 4.93. The summed E-state index contributed by atoms with van der Waals surface area (Å²) in [6.07, 6.45) is 3.10. The van der Waals surface area contributed by atoms with Gasteiger partial charge in [0.25, 0.3) is 0 Å². The minimum atomic E-state index is -0.270. The fourth-order valence-corrected chi connectivity index (χ4v) is 2.91. The van der Waals surface area contributed by atoms with Gasteiger partial charge in [0.05, 0.1) is 13.2 Å². The molecule has 0 spiro atoms. The van der Waals surface area contributed by atoms with Crippen LogP contribution < -0.4 is 5.32 Å². The number of benzene rings is 1. The monoisotopic (exact) mass is 339 g/mol. The predicted molar refractivity (Wildman–Crippen MR) is 79.2 cm³/mol. The van der Waals surface area contributed by atoms with Gasteiger partial charge in [-0.3, -0.25) is 9.59 Å². The van der Waals surface area contributed by atoms with E-state index in [0.717, 1.165) is 17.3 Å². The van der Waals surface area contributed by atoms with E-state index in [9.17, 15) is 9.59 Å². The molecular formula is C15H18BrNO3. The highest BCUT2D eigenvalue weighted by Gasteiger charge is 2.23. The zero-order valence-corrected chi connectivity index (χ0v) is 13.0. The molecule has 0 radical (unpaired) electrons. The van der Waals surface area contributed by atoms with Crippen molar-refractivity contribution in [3.05, 3.63) is 33.8 Å². The molecule has 1 aliphatic carbocycles. The van der Waals surface area contributed by atoms with Crippen LogP contribution in [0.3, 0.4) is 0 Å². The van der Waals surface area contributed by atoms with Crippen LogP contribution in [-0.2, 0) is 20.7 Å². The summed E-state index contributed by atoms with van der Waals surface area (Å²) < 4.78 is 5.62. The third-order valence-electron chi connectivity index (χ3n) is 3.53. The maximum atomic E-state index is 11.9. The normalized spacial score (nSPS) is 16.6. The van der Waals surface area contributed by atoms with Crippen LogP contribution in [0.5, 0.6) is 0 Å². The Morgan fingerprint density at radius 1 is 1.40 bits per heavy atom. The highest BCUT2D eigenvalue weighted by atomic mass is 79.9. The Morgan fingerprint density at radius 2 is 2.20 bits per heavy atom. The Morgan fingerprint density at radius 3 is 2.95 bits per heavy atom. The molecule has 0 saturated heterocycles. The summed E-state index contributed by atoms with van der Waals surface area (Å²) >= 11 is 3.46. The van der Waals surface area contributed by atoms with Crippen molar-refractivity contribution in [2.24, 2.45) is 0 Å². The van der Waals surface area contributed by atoms with Crippen LogP contribution in [0, 0.1) is 0 Å². The number of ether oxygens (including phenoxy) is 1. The second kappa shape index (κ2) is 6.88. The van der Waals surface area contributed by atoms with Gasteiger partial charge in [0.2, 0.25) is 5.91 Å². The molecule has 0 aromatic heterocycles. The SMILES string of the molecule is COC(=O)CCCC(=O)NC1CCc2cc(Br)ccc21. The molecule has 0 fully saturated rings. The fourth-order valence-electron chi connectivity index (χ4n) is 2.50. The number of esters is 1. The van der Waals surface area contributed by atoms with Crippen LogP contribution in [0.4, 0.5) is 0 Å². The third-order valence-corrected chi connectivity index (χ3v) is 4.02. The van der Waals surface area contributed by atoms with Crippen molar-refractivity contribution in [1.82, 2.24) is 5.32 Å². The number of amides is 1. The van der Waals surface area contributed by atoms with Crippen LogP contribution in [0.2, 0.25) is 0 Å². The van der Waals surface area contributed by atoms with Gasteiger partial charge in [-0.05, 0) is 42.5 Å². The van der Waals surface area contributed by atoms with Gasteiger partial charge in [0, 0.05) is 17.3 Å². The second-order valence-corrected chi connectivity index (χ2v) is 5.85. The Labute approximate surface area is 127 Å². The van der Waals surface area contributed by atoms with Crippen molar-refractivity contribution in [2.75, 3.05) is 7.11 Å². The van der Waals surface area contributed by atoms with E-state index in [-0.39, 0.29) is 24.3 Å². The number of carbonyl (C=O) groups is 2. The van der Waals surface area contributed by atoms with E-state index < -0.39 is 0 Å². The minimum Gasteiger partial charge on any atom is -0.469 e. The lowest BCUT2D eigenvalue weighted by atomic mass is 10.1. The summed E-state index contributed by atoms with van der Waals surface area (Å²) in [5.41, 5.74) is 2.49. The molecule has 1 aliphatic rings. The Kier molecular flexibility index (Phi) is 5.17. The van der Waals surface area contributed by atoms with Crippen molar-refractivity contribution in [3.8, 4) is 0 Å². The molecule has 108 valence electrons. The highest BCUT2D eigenvalue weighted by Crippen LogP contribution is 2.32. The summed E-state index contributed by atoms with van der Waals surface area (Å²) in [4.78, 5) is 22.8. The number of rotatable bonds is 5. The number of halogens is 1. The van der Waals surface area contributed by atoms with Crippen LogP contribution in [0.1, 0.15) is 42.9 Å². The first kappa shape index (κ1) is 15.0. The zero-order chi connectivity index (χ0) is 14.5. The highest BCUT2D eigenvalue weighted by molar-refractivity contribution is 9.10. The number of aryl methyl sites for hydroxylation is 1. The largest absolute Gasteiger partial charge is 0.469 e. The average molecular weight is 340 g/mol. The molecule has 0 aliphatic heterocycles. The van der Waals surface area contributed by atoms with Crippen LogP contribution in [0.25, 0.3) is 0 Å². The maximum absolute atomic E-state index is 11.9. The molecule has 0 saturated carbocycles. The number of fused-ring (bicyclic) bond motifs is 1. The van der Waals surface area contributed by atoms with E-state index in [1.54, 1.807) is 0 Å². The van der Waals surface area contributed by atoms with Gasteiger partial charge in [0.15, 0.2) is 0 Å². The topological polar surface area (TPSA) is 55.4 Å². The summed E-state index contributed by atoms with van der Waals surface area (Å²) in [5.74, 6) is -0.275. The lowest BCUT2D eigenvalue weighted by Gasteiger charge is -2.14. The molecule has 4 nitrogen and oxygen atoms in total. The van der Waals surface area contributed by atoms with Gasteiger partial charge in [0.1, 0.15) is 0 Å². The molecule has 0 bridgehead atoms. The fraction of sp³-hybridized carbons (Fsp3) is 0.467. The first-order valence-electron chi connectivity index (χ1n) is 6.74. The molecule has 1 aromatic rings. The number of nitrogens with one attached hydrogen (secondary N) is 1. The van der Waals surface area contributed by atoms with Gasteiger partial charge in [-0.15, -0.1) is 0 Å². The predicted octanol–water partition coefficient (Wildman–Crippen LogP) is 2.90. The van der Waals surface area contributed by atoms with E-state index in [4.69, 9.17) is 0 Å². The van der Waals surface area contributed by atoms with Crippen molar-refractivity contribution in [2.45, 2.75) is 38.1 Å². The van der Waals surface area contributed by atoms with Crippen molar-refractivity contribution in [3.63, 3.8) is 0 Å². The van der Waals surface area contributed by atoms with E-state index in [1.807, 2.05) is 6.07 Å². The van der Waals surface area contributed by atoms with Gasteiger partial charge in [-0.1, -0.05) is 22.0 Å². The minimum absolute atomic E-state index is 0.00493. The quantitative estimate of drug-likeness (QED) is 0.839. The third kappa shape index (κ3) is 3.82. The molecule has 1 atom stereocenters. The standard InChI is InChI=1S/C15H18BrNO3/c1-20-15(19)4-2-3-14(18)17-13-8-5-10-9-11(16)6-7-12(10)13/h6-7,9,13H,2-5,8H2,1H3,(H,17,18). The molecule has 1 unspecified atom stereocenters. The van der Waals surface area contributed by atoms with Gasteiger partial charge < -0.3 is 10.1 Å². The summed E-state index contributed by atoms with van der Waals surface area (Å²) in [7, 11) is 1.36. The van der Waals surface area contributed by atoms with Crippen LogP contribution in [0.15, 0.2) is 22.7 Å². The number of carbonyl (C=O) groups excluding carboxylic acids is 2. The van der Waals surface area contributed by atoms with E-state index >= 15 is 0 Å². The maximum Gasteiger partial charge on any atom is 0.305 e. The van der Waals surface area contributed by atoms with Crippen LogP contribution in [-0.4, -0.2) is 19.0 Å². The van der Waals surface area contributed by atoms with Crippen molar-refractivity contribution >= 4 is 27.8 Å². The van der Waals surface area contributed by atoms with E-state index in [1.165, 1.54) is 18.2 Å². The molecule has 1 amide bonds. The number of hydrogen-bond acceptors (Lipinski definition) is 3. The summed E-state index contributed by atoms with van der Waals surface area (Å²) in [6.45, 7) is 0. The number of hydrogen-bond donors (Lipinski definition) is 1. The van der Waals surface area contributed by atoms with E-state index in [0.29, 0.717) is 12.8 Å². The van der Waals surface area contributed by atoms with Crippen LogP contribution >= 0.6 is 15.9 Å². The van der Waals surface area contributed by atoms with Crippen molar-refractivity contribution in [1.29, 1.82) is 0 Å². The smallest absolute Gasteiger partial charge is 0.305 e. The zero-order valence-electron chi connectivity index (χ0n) is 11.4. The van der Waals surface area contributed by atoms with Gasteiger partial charge in [-0.2, -0.15) is 0 Å². The first-order valence-corrected chi connectivity index (χ1v) is 7.54. The van der Waals surface area contributed by atoms with Gasteiger partial charge >= 0.3 is 5.97 Å². The molecule has 0 heterocycles. The summed E-state index contributed by atoms with van der Waals surface area (Å²) in [6, 6.07) is 6.27. The molecular weight excluding hydrogens is 322 g/mol. The van der Waals surface area contributed by atoms with Crippen molar-refractivity contribution < 1.29 is 14.3 Å². The lowest BCUT2D eigenvalue weighted by molar-refractivity contribution is -0.140.